The number of aryl methyl sites for hydroxylation is 2. The molecule has 0 radical (unpaired) electrons. The highest BCUT2D eigenvalue weighted by Crippen LogP contribution is 2.26. The first kappa shape index (κ1) is 22.8. The Morgan fingerprint density at radius 3 is 2.61 bits per heavy atom. The third-order valence-corrected chi connectivity index (χ3v) is 5.60. The zero-order valence-corrected chi connectivity index (χ0v) is 20.1. The van der Waals surface area contributed by atoms with E-state index in [9.17, 15) is 9.59 Å². The van der Waals surface area contributed by atoms with E-state index in [1.165, 1.54) is 25.1 Å². The number of nitrogens with one attached hydrogen (secondary N) is 2. The SMILES string of the molecule is COc1ccc(C(=O)Nc2cc(C)nn2-c2nc3c(cnn3-c3cccc(C)c3)c(=O)[nH]2)c(OC)c1. The predicted octanol–water partition coefficient (Wildman–Crippen LogP) is 3.18. The van der Waals surface area contributed by atoms with Gasteiger partial charge in [-0.3, -0.25) is 14.6 Å². The van der Waals surface area contributed by atoms with Gasteiger partial charge in [-0.15, -0.1) is 0 Å². The van der Waals surface area contributed by atoms with Crippen molar-refractivity contribution in [3.05, 3.63) is 81.9 Å². The molecular weight excluding hydrogens is 462 g/mol. The number of rotatable bonds is 6. The van der Waals surface area contributed by atoms with Gasteiger partial charge in [0.25, 0.3) is 11.5 Å². The summed E-state index contributed by atoms with van der Waals surface area (Å²) in [5.74, 6) is 0.935. The molecule has 3 heterocycles. The van der Waals surface area contributed by atoms with Crippen molar-refractivity contribution in [2.75, 3.05) is 19.5 Å². The average molecular weight is 486 g/mol. The minimum atomic E-state index is -0.427. The number of hydrogen-bond acceptors (Lipinski definition) is 7. The molecule has 1 amide bonds. The van der Waals surface area contributed by atoms with E-state index in [1.807, 2.05) is 31.2 Å². The summed E-state index contributed by atoms with van der Waals surface area (Å²) in [6.45, 7) is 3.74. The maximum Gasteiger partial charge on any atom is 0.263 e. The zero-order valence-electron chi connectivity index (χ0n) is 20.1. The van der Waals surface area contributed by atoms with Crippen LogP contribution in [0.25, 0.3) is 22.7 Å². The maximum absolute atomic E-state index is 13.1. The van der Waals surface area contributed by atoms with Gasteiger partial charge in [-0.25, -0.2) is 4.68 Å². The van der Waals surface area contributed by atoms with E-state index < -0.39 is 5.91 Å². The van der Waals surface area contributed by atoms with Crippen LogP contribution < -0.4 is 20.3 Å². The number of carbonyl (C=O) groups excluding carboxylic acids is 1. The van der Waals surface area contributed by atoms with Gasteiger partial charge >= 0.3 is 0 Å². The lowest BCUT2D eigenvalue weighted by atomic mass is 10.1. The van der Waals surface area contributed by atoms with Crippen LogP contribution in [0.15, 0.2) is 59.5 Å². The van der Waals surface area contributed by atoms with E-state index in [4.69, 9.17) is 9.47 Å². The van der Waals surface area contributed by atoms with Gasteiger partial charge in [0, 0.05) is 12.1 Å². The summed E-state index contributed by atoms with van der Waals surface area (Å²) in [5, 5.41) is 12.0. The summed E-state index contributed by atoms with van der Waals surface area (Å²) in [4.78, 5) is 33.4. The van der Waals surface area contributed by atoms with Gasteiger partial charge in [-0.2, -0.15) is 19.9 Å². The summed E-state index contributed by atoms with van der Waals surface area (Å²) < 4.78 is 13.5. The predicted molar refractivity (Wildman–Crippen MR) is 134 cm³/mol. The van der Waals surface area contributed by atoms with Gasteiger partial charge in [0.2, 0.25) is 5.95 Å². The second-order valence-corrected chi connectivity index (χ2v) is 8.13. The topological polar surface area (TPSA) is 129 Å². The summed E-state index contributed by atoms with van der Waals surface area (Å²) in [6, 6.07) is 14.3. The molecule has 3 aromatic heterocycles. The second-order valence-electron chi connectivity index (χ2n) is 8.13. The Labute approximate surface area is 205 Å². The highest BCUT2D eigenvalue weighted by molar-refractivity contribution is 6.06. The molecule has 0 fully saturated rings. The Kier molecular flexibility index (Phi) is 5.72. The highest BCUT2D eigenvalue weighted by atomic mass is 16.5. The van der Waals surface area contributed by atoms with E-state index in [2.05, 4.69) is 25.5 Å². The first-order valence-corrected chi connectivity index (χ1v) is 11.0. The van der Waals surface area contributed by atoms with Crippen molar-refractivity contribution in [3.63, 3.8) is 0 Å². The fourth-order valence-electron chi connectivity index (χ4n) is 3.88. The third kappa shape index (κ3) is 4.06. The number of benzene rings is 2. The fourth-order valence-corrected chi connectivity index (χ4v) is 3.88. The lowest BCUT2D eigenvalue weighted by Crippen LogP contribution is -2.19. The van der Waals surface area contributed by atoms with E-state index in [-0.39, 0.29) is 11.5 Å². The average Bonchev–Trinajstić information content (AvgIpc) is 3.47. The molecule has 0 bridgehead atoms. The van der Waals surface area contributed by atoms with Gasteiger partial charge < -0.3 is 14.8 Å². The molecule has 0 atom stereocenters. The van der Waals surface area contributed by atoms with Gasteiger partial charge in [-0.1, -0.05) is 12.1 Å². The van der Waals surface area contributed by atoms with Gasteiger partial charge in [0.05, 0.1) is 37.4 Å². The zero-order chi connectivity index (χ0) is 25.4. The number of H-pyrrole nitrogens is 1. The Balaban J connectivity index is 1.57. The molecule has 0 saturated heterocycles. The van der Waals surface area contributed by atoms with Crippen molar-refractivity contribution in [3.8, 4) is 23.1 Å². The molecule has 0 spiro atoms. The number of aromatic amines is 1. The van der Waals surface area contributed by atoms with Crippen LogP contribution in [0.5, 0.6) is 11.5 Å². The highest BCUT2D eigenvalue weighted by Gasteiger charge is 2.19. The number of ether oxygens (including phenoxy) is 2. The molecule has 11 heteroatoms. The summed E-state index contributed by atoms with van der Waals surface area (Å²) >= 11 is 0. The lowest BCUT2D eigenvalue weighted by molar-refractivity contribution is 0.102. The monoisotopic (exact) mass is 485 g/mol. The summed E-state index contributed by atoms with van der Waals surface area (Å²) in [7, 11) is 3.01. The smallest absolute Gasteiger partial charge is 0.263 e. The Hall–Kier alpha value is -4.93. The number of carbonyl (C=O) groups is 1. The van der Waals surface area contributed by atoms with E-state index in [1.54, 1.807) is 35.9 Å². The summed E-state index contributed by atoms with van der Waals surface area (Å²) in [6.07, 6.45) is 1.47. The third-order valence-electron chi connectivity index (χ3n) is 5.60. The summed E-state index contributed by atoms with van der Waals surface area (Å²) in [5.41, 5.74) is 2.71. The standard InChI is InChI=1S/C25H23N7O4/c1-14-6-5-7-16(10-14)31-22-19(13-26-31)24(34)29-25(28-22)32-21(11-15(2)30-32)27-23(33)18-9-8-17(35-3)12-20(18)36-4/h5-13H,1-4H3,(H,27,33)(H,28,29,34). The Morgan fingerprint density at radius 2 is 1.86 bits per heavy atom. The maximum atomic E-state index is 13.1. The van der Waals surface area contributed by atoms with Gasteiger partial charge in [0.15, 0.2) is 5.65 Å². The molecule has 0 aliphatic rings. The Bertz CT molecular complexity index is 1670. The quantitative estimate of drug-likeness (QED) is 0.378. The first-order valence-electron chi connectivity index (χ1n) is 11.0. The minimum Gasteiger partial charge on any atom is -0.497 e. The second kappa shape index (κ2) is 9.02. The van der Waals surface area contributed by atoms with Crippen LogP contribution in [0.3, 0.4) is 0 Å². The van der Waals surface area contributed by atoms with Crippen molar-refractivity contribution in [2.45, 2.75) is 13.8 Å². The van der Waals surface area contributed by atoms with Gasteiger partial charge in [0.1, 0.15) is 22.7 Å². The van der Waals surface area contributed by atoms with Crippen molar-refractivity contribution in [2.24, 2.45) is 0 Å². The molecule has 0 unspecified atom stereocenters. The van der Waals surface area contributed by atoms with Gasteiger partial charge in [-0.05, 0) is 43.7 Å². The molecular formula is C25H23N7O4. The van der Waals surface area contributed by atoms with Crippen LogP contribution in [-0.4, -0.2) is 49.7 Å². The number of amides is 1. The molecule has 11 nitrogen and oxygen atoms in total. The van der Waals surface area contributed by atoms with Crippen molar-refractivity contribution in [1.82, 2.24) is 29.5 Å². The number of aromatic nitrogens is 6. The van der Waals surface area contributed by atoms with Crippen LogP contribution in [0.1, 0.15) is 21.6 Å². The van der Waals surface area contributed by atoms with Crippen LogP contribution >= 0.6 is 0 Å². The number of anilines is 1. The van der Waals surface area contributed by atoms with Crippen LogP contribution in [-0.2, 0) is 0 Å². The Morgan fingerprint density at radius 1 is 1.03 bits per heavy atom. The van der Waals surface area contributed by atoms with Crippen molar-refractivity contribution >= 4 is 22.8 Å². The molecule has 2 aromatic carbocycles. The molecule has 0 saturated carbocycles. The normalized spacial score (nSPS) is 11.0. The van der Waals surface area contributed by atoms with E-state index in [0.29, 0.717) is 39.6 Å². The number of fused-ring (bicyclic) bond motifs is 1. The van der Waals surface area contributed by atoms with Crippen LogP contribution in [0.2, 0.25) is 0 Å². The number of hydrogen-bond donors (Lipinski definition) is 2. The van der Waals surface area contributed by atoms with E-state index in [0.717, 1.165) is 11.3 Å². The molecule has 36 heavy (non-hydrogen) atoms. The van der Waals surface area contributed by atoms with E-state index >= 15 is 0 Å². The first-order chi connectivity index (χ1) is 17.4. The molecule has 182 valence electrons. The molecule has 2 N–H and O–H groups in total. The minimum absolute atomic E-state index is 0.131. The molecule has 5 aromatic rings. The molecule has 0 aliphatic carbocycles. The number of methoxy groups -OCH3 is 2. The lowest BCUT2D eigenvalue weighted by Gasteiger charge is -2.12. The molecule has 0 aliphatic heterocycles. The van der Waals surface area contributed by atoms with Crippen molar-refractivity contribution in [1.29, 1.82) is 0 Å². The fraction of sp³-hybridized carbons (Fsp3) is 0.160. The largest absolute Gasteiger partial charge is 0.497 e. The van der Waals surface area contributed by atoms with Crippen molar-refractivity contribution < 1.29 is 14.3 Å². The van der Waals surface area contributed by atoms with Crippen LogP contribution in [0.4, 0.5) is 5.82 Å². The number of nitrogens with zero attached hydrogens (tertiary/aromatic N) is 5. The molecule has 5 rings (SSSR count). The van der Waals surface area contributed by atoms with Crippen LogP contribution in [0, 0.1) is 13.8 Å².